The van der Waals surface area contributed by atoms with Crippen LogP contribution in [0.3, 0.4) is 0 Å². The Morgan fingerprint density at radius 3 is 2.61 bits per heavy atom. The van der Waals surface area contributed by atoms with E-state index < -0.39 is 29.5 Å². The first-order valence-electron chi connectivity index (χ1n) is 8.28. The summed E-state index contributed by atoms with van der Waals surface area (Å²) < 4.78 is 53.8. The summed E-state index contributed by atoms with van der Waals surface area (Å²) in [5.74, 6) is 0. The molecule has 1 heterocycles. The smallest absolute Gasteiger partial charge is 0.391 e. The number of allylic oxidation sites excluding steroid dienone is 1. The first-order valence-corrected chi connectivity index (χ1v) is 13.6. The Morgan fingerprint density at radius 1 is 1.22 bits per heavy atom. The van der Waals surface area contributed by atoms with Gasteiger partial charge < -0.3 is 13.3 Å². The second kappa shape index (κ2) is 9.36. The highest BCUT2D eigenvalue weighted by molar-refractivity contribution is 6.83. The van der Waals surface area contributed by atoms with Crippen molar-refractivity contribution >= 4 is 16.9 Å². The van der Waals surface area contributed by atoms with Gasteiger partial charge in [0, 0.05) is 19.3 Å². The van der Waals surface area contributed by atoms with Crippen LogP contribution in [0.5, 0.6) is 0 Å². The fourth-order valence-corrected chi connectivity index (χ4v) is 11.8. The predicted molar refractivity (Wildman–Crippen MR) is 90.2 cm³/mol. The van der Waals surface area contributed by atoms with Gasteiger partial charge in [0.25, 0.3) is 0 Å². The van der Waals surface area contributed by atoms with Crippen molar-refractivity contribution in [1.29, 1.82) is 0 Å². The molecule has 0 aliphatic carbocycles. The number of rotatable bonds is 8. The van der Waals surface area contributed by atoms with Gasteiger partial charge in [-0.3, -0.25) is 0 Å². The highest BCUT2D eigenvalue weighted by Crippen LogP contribution is 2.31. The molecule has 136 valence electrons. The van der Waals surface area contributed by atoms with E-state index in [4.69, 9.17) is 13.3 Å². The Hall–Kier alpha value is -0.156. The molecule has 8 heteroatoms. The van der Waals surface area contributed by atoms with Crippen molar-refractivity contribution in [3.8, 4) is 0 Å². The number of alkyl halides is 3. The largest absolute Gasteiger partial charge is 0.435 e. The molecule has 1 saturated heterocycles. The Kier molecular flexibility index (Phi) is 8.50. The average Bonchev–Trinajstić information content (AvgIpc) is 2.39. The molecule has 0 aromatic carbocycles. The van der Waals surface area contributed by atoms with Gasteiger partial charge in [-0.05, 0) is 38.0 Å². The first kappa shape index (κ1) is 20.9. The molecule has 2 unspecified atom stereocenters. The third-order valence-electron chi connectivity index (χ3n) is 4.01. The number of halogens is 3. The zero-order valence-corrected chi connectivity index (χ0v) is 16.2. The molecule has 1 aliphatic rings. The molecule has 0 aromatic heterocycles. The van der Waals surface area contributed by atoms with Crippen LogP contribution >= 0.6 is 0 Å². The van der Waals surface area contributed by atoms with E-state index in [9.17, 15) is 13.2 Å². The second-order valence-corrected chi connectivity index (χ2v) is 14.2. The maximum atomic E-state index is 12.0. The van der Waals surface area contributed by atoms with E-state index in [-0.39, 0.29) is 6.61 Å². The van der Waals surface area contributed by atoms with E-state index in [1.165, 1.54) is 0 Å². The lowest BCUT2D eigenvalue weighted by molar-refractivity contribution is -0.145. The summed E-state index contributed by atoms with van der Waals surface area (Å²) in [5.41, 5.74) is 0. The standard InChI is InChI=1S/C15H29F3O3Si2/c1-4-12-23(3)20-10-5-6-13-22(2,21-23)14-7-9-19-11-8-15(16,17)18/h4H,1,5-14H2,2-3H3. The normalized spacial score (nSPS) is 29.8. The Balaban J connectivity index is 2.40. The quantitative estimate of drug-likeness (QED) is 0.342. The number of hydrogen-bond donors (Lipinski definition) is 0. The van der Waals surface area contributed by atoms with Gasteiger partial charge in [0.15, 0.2) is 8.32 Å². The predicted octanol–water partition coefficient (Wildman–Crippen LogP) is 5.01. The third-order valence-corrected chi connectivity index (χ3v) is 12.4. The van der Waals surface area contributed by atoms with Crippen LogP contribution in [0.25, 0.3) is 0 Å². The molecular weight excluding hydrogens is 341 g/mol. The minimum atomic E-state index is -4.14. The van der Waals surface area contributed by atoms with Crippen molar-refractivity contribution < 1.29 is 26.4 Å². The molecule has 23 heavy (non-hydrogen) atoms. The van der Waals surface area contributed by atoms with Gasteiger partial charge in [-0.15, -0.1) is 6.58 Å². The van der Waals surface area contributed by atoms with Crippen LogP contribution in [-0.4, -0.2) is 42.9 Å². The van der Waals surface area contributed by atoms with E-state index in [0.29, 0.717) is 6.61 Å². The summed E-state index contributed by atoms with van der Waals surface area (Å²) in [4.78, 5) is 0. The van der Waals surface area contributed by atoms with Gasteiger partial charge in [-0.1, -0.05) is 12.5 Å². The van der Waals surface area contributed by atoms with Crippen molar-refractivity contribution in [1.82, 2.24) is 0 Å². The van der Waals surface area contributed by atoms with Gasteiger partial charge in [-0.2, -0.15) is 13.2 Å². The van der Waals surface area contributed by atoms with E-state index in [1.807, 2.05) is 6.08 Å². The van der Waals surface area contributed by atoms with Crippen molar-refractivity contribution in [2.75, 3.05) is 19.8 Å². The molecule has 0 N–H and O–H groups in total. The summed E-state index contributed by atoms with van der Waals surface area (Å²) in [6.45, 7) is 8.96. The number of hydrogen-bond acceptors (Lipinski definition) is 3. The van der Waals surface area contributed by atoms with E-state index in [0.717, 1.165) is 44.0 Å². The van der Waals surface area contributed by atoms with Crippen molar-refractivity contribution in [3.05, 3.63) is 12.7 Å². The Labute approximate surface area is 139 Å². The van der Waals surface area contributed by atoms with Gasteiger partial charge >= 0.3 is 14.7 Å². The fourth-order valence-electron chi connectivity index (χ4n) is 2.87. The summed E-state index contributed by atoms with van der Waals surface area (Å²) in [6.07, 6.45) is -0.263. The maximum Gasteiger partial charge on any atom is 0.391 e. The molecule has 3 nitrogen and oxygen atoms in total. The minimum absolute atomic E-state index is 0.255. The molecule has 1 rings (SSSR count). The molecule has 1 fully saturated rings. The van der Waals surface area contributed by atoms with Crippen molar-refractivity contribution in [3.63, 3.8) is 0 Å². The molecule has 0 bridgehead atoms. The summed E-state index contributed by atoms with van der Waals surface area (Å²) in [5, 5.41) is 0. The van der Waals surface area contributed by atoms with Gasteiger partial charge in [0.1, 0.15) is 0 Å². The molecule has 2 atom stereocenters. The molecule has 1 aliphatic heterocycles. The van der Waals surface area contributed by atoms with Crippen molar-refractivity contribution in [2.45, 2.75) is 63.1 Å². The van der Waals surface area contributed by atoms with Gasteiger partial charge in [-0.25, -0.2) is 0 Å². The SMILES string of the molecule is C=CC[Si]1(C)OCCCC[Si](C)(CCCOCCC(F)(F)F)O1. The highest BCUT2D eigenvalue weighted by atomic mass is 28.4. The van der Waals surface area contributed by atoms with E-state index in [2.05, 4.69) is 19.7 Å². The van der Waals surface area contributed by atoms with Crippen LogP contribution in [0.4, 0.5) is 13.2 Å². The van der Waals surface area contributed by atoms with Crippen LogP contribution in [-0.2, 0) is 13.3 Å². The molecule has 0 amide bonds. The zero-order valence-electron chi connectivity index (χ0n) is 14.2. The van der Waals surface area contributed by atoms with E-state index in [1.54, 1.807) is 0 Å². The summed E-state index contributed by atoms with van der Waals surface area (Å²) in [6, 6.07) is 2.76. The zero-order chi connectivity index (χ0) is 17.4. The first-order chi connectivity index (χ1) is 10.7. The lowest BCUT2D eigenvalue weighted by Crippen LogP contribution is -2.51. The van der Waals surface area contributed by atoms with Crippen LogP contribution in [0.15, 0.2) is 12.7 Å². The Morgan fingerprint density at radius 2 is 1.96 bits per heavy atom. The van der Waals surface area contributed by atoms with Crippen LogP contribution in [0.1, 0.15) is 25.7 Å². The Bertz CT molecular complexity index is 368. The number of ether oxygens (including phenoxy) is 1. The third kappa shape index (κ3) is 9.04. The second-order valence-electron chi connectivity index (χ2n) is 6.57. The van der Waals surface area contributed by atoms with Gasteiger partial charge in [0.05, 0.1) is 13.0 Å². The molecule has 0 spiro atoms. The lowest BCUT2D eigenvalue weighted by atomic mass is 10.4. The minimum Gasteiger partial charge on any atom is -0.435 e. The van der Waals surface area contributed by atoms with Gasteiger partial charge in [0.2, 0.25) is 0 Å². The molecular formula is C15H29F3O3Si2. The highest BCUT2D eigenvalue weighted by Gasteiger charge is 2.41. The lowest BCUT2D eigenvalue weighted by Gasteiger charge is -2.39. The maximum absolute atomic E-state index is 12.0. The van der Waals surface area contributed by atoms with E-state index >= 15 is 0 Å². The average molecular weight is 371 g/mol. The molecule has 0 aromatic rings. The van der Waals surface area contributed by atoms with Crippen LogP contribution in [0.2, 0.25) is 31.2 Å². The fraction of sp³-hybridized carbons (Fsp3) is 0.867. The molecule has 0 radical (unpaired) electrons. The van der Waals surface area contributed by atoms with Crippen molar-refractivity contribution in [2.24, 2.45) is 0 Å². The summed E-state index contributed by atoms with van der Waals surface area (Å²) >= 11 is 0. The van der Waals surface area contributed by atoms with Crippen LogP contribution < -0.4 is 0 Å². The molecule has 0 saturated carbocycles. The van der Waals surface area contributed by atoms with Crippen LogP contribution in [0, 0.1) is 0 Å². The summed E-state index contributed by atoms with van der Waals surface area (Å²) in [7, 11) is -4.10. The monoisotopic (exact) mass is 370 g/mol. The topological polar surface area (TPSA) is 27.7 Å².